The lowest BCUT2D eigenvalue weighted by Gasteiger charge is -2.24. The second-order valence-corrected chi connectivity index (χ2v) is 12.9. The Morgan fingerprint density at radius 3 is 2.53 bits per heavy atom. The Balaban J connectivity index is 1.38. The molecule has 9 heteroatoms. The van der Waals surface area contributed by atoms with Gasteiger partial charge in [-0.05, 0) is 91.7 Å². The predicted molar refractivity (Wildman–Crippen MR) is 181 cm³/mol. The number of carbonyl (C=O) groups excluding carboxylic acids is 1. The van der Waals surface area contributed by atoms with E-state index in [1.165, 1.54) is 22.7 Å². The van der Waals surface area contributed by atoms with Gasteiger partial charge in [0.2, 0.25) is 0 Å². The molecule has 1 aliphatic rings. The highest BCUT2D eigenvalue weighted by molar-refractivity contribution is 7.10. The fourth-order valence-corrected chi connectivity index (χ4v) is 7.29. The summed E-state index contributed by atoms with van der Waals surface area (Å²) in [6.07, 6.45) is 1.86. The van der Waals surface area contributed by atoms with Gasteiger partial charge in [-0.3, -0.25) is 14.2 Å². The first-order chi connectivity index (χ1) is 21.7. The quantitative estimate of drug-likeness (QED) is 0.213. The average Bonchev–Trinajstić information content (AvgIpc) is 3.67. The third-order valence-electron chi connectivity index (χ3n) is 8.01. The van der Waals surface area contributed by atoms with Gasteiger partial charge in [-0.2, -0.15) is 0 Å². The van der Waals surface area contributed by atoms with Gasteiger partial charge in [0, 0.05) is 16.1 Å². The van der Waals surface area contributed by atoms with E-state index < -0.39 is 6.04 Å². The van der Waals surface area contributed by atoms with Crippen molar-refractivity contribution in [2.45, 2.75) is 40.3 Å². The fourth-order valence-electron chi connectivity index (χ4n) is 5.42. The molecule has 5 aromatic rings. The summed E-state index contributed by atoms with van der Waals surface area (Å²) in [5, 5.41) is 5.01. The second-order valence-electron chi connectivity index (χ2n) is 10.9. The number of para-hydroxylation sites is 1. The topological polar surface area (TPSA) is 81.9 Å². The highest BCUT2D eigenvalue weighted by Crippen LogP contribution is 2.33. The minimum absolute atomic E-state index is 0.199. The summed E-state index contributed by atoms with van der Waals surface area (Å²) in [4.78, 5) is 34.1. The van der Waals surface area contributed by atoms with Gasteiger partial charge in [-0.15, -0.1) is 11.3 Å². The number of carbonyl (C=O) groups is 1. The van der Waals surface area contributed by atoms with Crippen molar-refractivity contribution in [2.24, 2.45) is 4.99 Å². The fraction of sp³-hybridized carbons (Fsp3) is 0.194. The molecular weight excluding hydrogens is 603 g/mol. The van der Waals surface area contributed by atoms with Gasteiger partial charge in [0.25, 0.3) is 11.5 Å². The number of fused-ring (bicyclic) bond motifs is 1. The summed E-state index contributed by atoms with van der Waals surface area (Å²) in [5.74, 6) is 1.25. The molecule has 3 aromatic carbocycles. The van der Waals surface area contributed by atoms with Crippen LogP contribution in [0.1, 0.15) is 45.7 Å². The highest BCUT2D eigenvalue weighted by atomic mass is 32.1. The van der Waals surface area contributed by atoms with E-state index >= 15 is 0 Å². The van der Waals surface area contributed by atoms with E-state index in [2.05, 4.69) is 18.3 Å². The number of nitrogens with zero attached hydrogens (tertiary/aromatic N) is 2. The Kier molecular flexibility index (Phi) is 8.56. The van der Waals surface area contributed by atoms with Gasteiger partial charge in [-0.1, -0.05) is 53.8 Å². The molecule has 6 rings (SSSR count). The molecule has 0 saturated carbocycles. The Morgan fingerprint density at radius 2 is 1.78 bits per heavy atom. The molecule has 0 fully saturated rings. The molecular formula is C36H33N3O4S2. The van der Waals surface area contributed by atoms with Crippen molar-refractivity contribution in [3.63, 3.8) is 0 Å². The van der Waals surface area contributed by atoms with Gasteiger partial charge in [0.05, 0.1) is 22.9 Å². The van der Waals surface area contributed by atoms with Crippen LogP contribution in [0.5, 0.6) is 11.5 Å². The predicted octanol–water partition coefficient (Wildman–Crippen LogP) is 6.45. The summed E-state index contributed by atoms with van der Waals surface area (Å²) in [6, 6.07) is 22.7. The number of amides is 1. The lowest BCUT2D eigenvalue weighted by atomic mass is 10.0. The van der Waals surface area contributed by atoms with Crippen molar-refractivity contribution in [2.75, 3.05) is 12.4 Å². The van der Waals surface area contributed by atoms with E-state index in [0.29, 0.717) is 33.0 Å². The van der Waals surface area contributed by atoms with Crippen molar-refractivity contribution >= 4 is 40.3 Å². The maximum absolute atomic E-state index is 14.1. The first-order valence-electron chi connectivity index (χ1n) is 14.5. The molecule has 0 spiro atoms. The van der Waals surface area contributed by atoms with Gasteiger partial charge in [0.1, 0.15) is 24.1 Å². The largest absolute Gasteiger partial charge is 0.496 e. The summed E-state index contributed by atoms with van der Waals surface area (Å²) >= 11 is 2.83. The molecule has 1 aliphatic heterocycles. The van der Waals surface area contributed by atoms with E-state index in [0.717, 1.165) is 44.1 Å². The van der Waals surface area contributed by atoms with Crippen molar-refractivity contribution < 1.29 is 14.3 Å². The van der Waals surface area contributed by atoms with E-state index in [4.69, 9.17) is 14.5 Å². The van der Waals surface area contributed by atoms with Gasteiger partial charge >= 0.3 is 0 Å². The molecule has 7 nitrogen and oxygen atoms in total. The highest BCUT2D eigenvalue weighted by Gasteiger charge is 2.33. The van der Waals surface area contributed by atoms with E-state index in [-0.39, 0.29) is 11.5 Å². The number of nitrogens with one attached hydrogen (secondary N) is 1. The van der Waals surface area contributed by atoms with Crippen LogP contribution in [0.2, 0.25) is 0 Å². The molecule has 0 aliphatic carbocycles. The number of hydrogen-bond donors (Lipinski definition) is 1. The molecule has 45 heavy (non-hydrogen) atoms. The molecule has 1 N–H and O–H groups in total. The van der Waals surface area contributed by atoms with Crippen molar-refractivity contribution in [3.05, 3.63) is 142 Å². The Hall–Kier alpha value is -4.73. The average molecular weight is 636 g/mol. The number of thiophene rings is 1. The van der Waals surface area contributed by atoms with Crippen LogP contribution in [0, 0.1) is 20.8 Å². The number of benzene rings is 3. The number of aryl methyl sites for hydroxylation is 2. The van der Waals surface area contributed by atoms with Crippen LogP contribution in [-0.4, -0.2) is 17.6 Å². The zero-order valence-electron chi connectivity index (χ0n) is 25.7. The van der Waals surface area contributed by atoms with Crippen LogP contribution >= 0.6 is 22.7 Å². The third-order valence-corrected chi connectivity index (χ3v) is 9.92. The first-order valence-corrected chi connectivity index (χ1v) is 16.2. The molecule has 1 unspecified atom stereocenters. The molecule has 228 valence electrons. The first kappa shape index (κ1) is 30.3. The standard InChI is InChI=1S/C36H33N3O4S2/c1-21-11-8-13-28(23(21)3)43-20-26-18-25(15-16-29(26)42-5)19-31-35(41)39-33(30-14-9-17-44-30)32(24(4)37-36(39)45-31)34(40)38-27-12-7-6-10-22(27)2/h6-19,33H,20H2,1-5H3,(H,38,40). The van der Waals surface area contributed by atoms with Crippen molar-refractivity contribution in [1.82, 2.24) is 4.57 Å². The zero-order valence-corrected chi connectivity index (χ0v) is 27.3. The Labute approximate surface area is 269 Å². The second kappa shape index (κ2) is 12.7. The maximum Gasteiger partial charge on any atom is 0.271 e. The van der Waals surface area contributed by atoms with Crippen LogP contribution in [0.15, 0.2) is 99.2 Å². The zero-order chi connectivity index (χ0) is 31.7. The summed E-state index contributed by atoms with van der Waals surface area (Å²) < 4.78 is 14.0. The summed E-state index contributed by atoms with van der Waals surface area (Å²) in [5.41, 5.74) is 6.47. The Morgan fingerprint density at radius 1 is 0.978 bits per heavy atom. The van der Waals surface area contributed by atoms with Crippen molar-refractivity contribution in [3.8, 4) is 11.5 Å². The van der Waals surface area contributed by atoms with Gasteiger partial charge in [0.15, 0.2) is 4.80 Å². The molecule has 0 radical (unpaired) electrons. The molecule has 1 atom stereocenters. The number of ether oxygens (including phenoxy) is 2. The van der Waals surface area contributed by atoms with Crippen LogP contribution in [-0.2, 0) is 11.4 Å². The van der Waals surface area contributed by atoms with Crippen LogP contribution in [0.4, 0.5) is 5.69 Å². The van der Waals surface area contributed by atoms with Crippen LogP contribution < -0.4 is 29.7 Å². The monoisotopic (exact) mass is 635 g/mol. The number of aromatic nitrogens is 1. The lowest BCUT2D eigenvalue weighted by molar-refractivity contribution is -0.113. The smallest absolute Gasteiger partial charge is 0.271 e. The molecule has 0 saturated heterocycles. The summed E-state index contributed by atoms with van der Waals surface area (Å²) in [7, 11) is 1.63. The van der Waals surface area contributed by atoms with E-state index in [9.17, 15) is 9.59 Å². The SMILES string of the molecule is COc1ccc(C=c2sc3n(c2=O)C(c2cccs2)C(C(=O)Nc2ccccc2C)=C(C)N=3)cc1COc1cccc(C)c1C. The minimum atomic E-state index is -0.593. The number of methoxy groups -OCH3 is 1. The molecule has 2 aromatic heterocycles. The minimum Gasteiger partial charge on any atom is -0.496 e. The van der Waals surface area contributed by atoms with Gasteiger partial charge < -0.3 is 14.8 Å². The van der Waals surface area contributed by atoms with E-state index in [1.807, 2.05) is 99.0 Å². The number of allylic oxidation sites excluding steroid dienone is 1. The van der Waals surface area contributed by atoms with Crippen LogP contribution in [0.3, 0.4) is 0 Å². The maximum atomic E-state index is 14.1. The molecule has 0 bridgehead atoms. The number of anilines is 1. The normalized spacial score (nSPS) is 14.6. The third kappa shape index (κ3) is 6.01. The number of hydrogen-bond acceptors (Lipinski definition) is 7. The lowest BCUT2D eigenvalue weighted by Crippen LogP contribution is -2.40. The molecule has 3 heterocycles. The Bertz CT molecular complexity index is 2120. The van der Waals surface area contributed by atoms with Crippen LogP contribution in [0.25, 0.3) is 6.08 Å². The van der Waals surface area contributed by atoms with E-state index in [1.54, 1.807) is 11.7 Å². The number of rotatable bonds is 8. The summed E-state index contributed by atoms with van der Waals surface area (Å²) in [6.45, 7) is 8.19. The van der Waals surface area contributed by atoms with Crippen molar-refractivity contribution in [1.29, 1.82) is 0 Å². The molecule has 1 amide bonds. The number of thiazole rings is 1. The van der Waals surface area contributed by atoms with Gasteiger partial charge in [-0.25, -0.2) is 4.99 Å².